The van der Waals surface area contributed by atoms with Gasteiger partial charge in [-0.2, -0.15) is 0 Å². The van der Waals surface area contributed by atoms with Crippen LogP contribution in [0.1, 0.15) is 33.6 Å². The zero-order valence-corrected chi connectivity index (χ0v) is 6.65. The summed E-state index contributed by atoms with van der Waals surface area (Å²) < 4.78 is 0. The first kappa shape index (κ1) is 5.76. The molecule has 0 bridgehead atoms. The molecule has 2 aliphatic carbocycles. The van der Waals surface area contributed by atoms with Gasteiger partial charge in [0.25, 0.3) is 0 Å². The van der Waals surface area contributed by atoms with Crippen LogP contribution in [-0.2, 0) is 0 Å². The zero-order chi connectivity index (χ0) is 6.65. The number of hydrogen-bond donors (Lipinski definition) is 0. The van der Waals surface area contributed by atoms with Crippen molar-refractivity contribution in [2.45, 2.75) is 33.6 Å². The van der Waals surface area contributed by atoms with E-state index in [-0.39, 0.29) is 0 Å². The van der Waals surface area contributed by atoms with Gasteiger partial charge in [-0.15, -0.1) is 0 Å². The van der Waals surface area contributed by atoms with Gasteiger partial charge >= 0.3 is 0 Å². The highest BCUT2D eigenvalue weighted by Crippen LogP contribution is 2.64. The van der Waals surface area contributed by atoms with E-state index < -0.39 is 0 Å². The van der Waals surface area contributed by atoms with E-state index in [0.29, 0.717) is 5.41 Å². The van der Waals surface area contributed by atoms with Crippen LogP contribution in [-0.4, -0.2) is 0 Å². The predicted molar refractivity (Wildman–Crippen MR) is 39.2 cm³/mol. The third-order valence-corrected chi connectivity index (χ3v) is 3.80. The van der Waals surface area contributed by atoms with Gasteiger partial charge in [-0.3, -0.25) is 0 Å². The molecule has 0 aromatic heterocycles. The minimum atomic E-state index is 0.685. The second-order valence-electron chi connectivity index (χ2n) is 4.56. The van der Waals surface area contributed by atoms with Gasteiger partial charge in [0, 0.05) is 0 Å². The summed E-state index contributed by atoms with van der Waals surface area (Å²) in [4.78, 5) is 0. The summed E-state index contributed by atoms with van der Waals surface area (Å²) in [5.41, 5.74) is 0.685. The van der Waals surface area contributed by atoms with Crippen LogP contribution >= 0.6 is 0 Å². The molecule has 0 spiro atoms. The van der Waals surface area contributed by atoms with E-state index in [1.54, 1.807) is 0 Å². The van der Waals surface area contributed by atoms with Crippen LogP contribution in [0.4, 0.5) is 0 Å². The van der Waals surface area contributed by atoms with E-state index in [9.17, 15) is 0 Å². The van der Waals surface area contributed by atoms with Crippen molar-refractivity contribution in [3.05, 3.63) is 0 Å². The first-order chi connectivity index (χ1) is 4.12. The zero-order valence-electron chi connectivity index (χ0n) is 6.65. The van der Waals surface area contributed by atoms with E-state index >= 15 is 0 Å². The molecule has 0 nitrogen and oxygen atoms in total. The van der Waals surface area contributed by atoms with Gasteiger partial charge in [-0.25, -0.2) is 0 Å². The molecule has 1 unspecified atom stereocenters. The molecular formula is C9H16. The molecule has 0 aromatic rings. The molecule has 2 rings (SSSR count). The van der Waals surface area contributed by atoms with Crippen molar-refractivity contribution >= 4 is 0 Å². The Bertz CT molecular complexity index is 131. The minimum absolute atomic E-state index is 0.685. The molecule has 0 heterocycles. The van der Waals surface area contributed by atoms with Crippen molar-refractivity contribution in [2.75, 3.05) is 0 Å². The quantitative estimate of drug-likeness (QED) is 0.465. The molecule has 0 amide bonds. The summed E-state index contributed by atoms with van der Waals surface area (Å²) in [5, 5.41) is 0. The highest BCUT2D eigenvalue weighted by atomic mass is 14.6. The van der Waals surface area contributed by atoms with Gasteiger partial charge in [-0.05, 0) is 36.0 Å². The van der Waals surface area contributed by atoms with Crippen molar-refractivity contribution in [3.63, 3.8) is 0 Å². The second kappa shape index (κ2) is 1.36. The molecule has 2 fully saturated rings. The number of rotatable bonds is 0. The molecule has 0 aliphatic heterocycles. The normalized spacial score (nSPS) is 53.0. The molecule has 3 atom stereocenters. The topological polar surface area (TPSA) is 0 Å². The maximum atomic E-state index is 2.44. The molecule has 0 N–H and O–H groups in total. The Kier molecular flexibility index (Phi) is 0.868. The fourth-order valence-corrected chi connectivity index (χ4v) is 2.54. The summed E-state index contributed by atoms with van der Waals surface area (Å²) in [6.07, 6.45) is 3.05. The molecule has 9 heavy (non-hydrogen) atoms. The minimum Gasteiger partial charge on any atom is -0.0620 e. The molecule has 0 heteroatoms. The van der Waals surface area contributed by atoms with Gasteiger partial charge in [0.1, 0.15) is 0 Å². The fourth-order valence-electron chi connectivity index (χ4n) is 2.54. The lowest BCUT2D eigenvalue weighted by atomic mass is 9.79. The fraction of sp³-hybridized carbons (Fsp3) is 1.00. The Morgan fingerprint density at radius 1 is 1.22 bits per heavy atom. The van der Waals surface area contributed by atoms with Crippen LogP contribution in [0, 0.1) is 23.2 Å². The second-order valence-corrected chi connectivity index (χ2v) is 4.56. The van der Waals surface area contributed by atoms with Gasteiger partial charge < -0.3 is 0 Å². The Hall–Kier alpha value is 0. The Morgan fingerprint density at radius 2 is 1.89 bits per heavy atom. The third kappa shape index (κ3) is 0.595. The van der Waals surface area contributed by atoms with Crippen LogP contribution in [0.15, 0.2) is 0 Å². The van der Waals surface area contributed by atoms with Gasteiger partial charge in [0.05, 0.1) is 0 Å². The standard InChI is InChI=1S/C9H16/c1-6-4-7-5-8(7)9(6,2)3/h6-8H,4-5H2,1-3H3/t6-,7?,8+/m1/s1. The molecule has 2 saturated carbocycles. The maximum absolute atomic E-state index is 2.44. The smallest absolute Gasteiger partial charge is 0.0297 e. The maximum Gasteiger partial charge on any atom is -0.0297 e. The average molecular weight is 124 g/mol. The largest absolute Gasteiger partial charge is 0.0620 e. The SMILES string of the molecule is C[C@@H]1CC2C[C@@H]2C1(C)C. The van der Waals surface area contributed by atoms with E-state index in [2.05, 4.69) is 20.8 Å². The van der Waals surface area contributed by atoms with E-state index in [1.165, 1.54) is 12.8 Å². The number of fused-ring (bicyclic) bond motifs is 1. The summed E-state index contributed by atoms with van der Waals surface area (Å²) in [7, 11) is 0. The molecule has 0 saturated heterocycles. The van der Waals surface area contributed by atoms with Crippen molar-refractivity contribution in [2.24, 2.45) is 23.2 Å². The summed E-state index contributed by atoms with van der Waals surface area (Å²) in [5.74, 6) is 3.23. The Balaban J connectivity index is 2.20. The van der Waals surface area contributed by atoms with Crippen molar-refractivity contribution in [3.8, 4) is 0 Å². The van der Waals surface area contributed by atoms with Crippen molar-refractivity contribution in [1.82, 2.24) is 0 Å². The summed E-state index contributed by atoms with van der Waals surface area (Å²) in [6.45, 7) is 7.29. The average Bonchev–Trinajstić information content (AvgIpc) is 2.41. The van der Waals surface area contributed by atoms with Gasteiger partial charge in [0.15, 0.2) is 0 Å². The lowest BCUT2D eigenvalue weighted by Gasteiger charge is -2.26. The van der Waals surface area contributed by atoms with E-state index in [0.717, 1.165) is 17.8 Å². The van der Waals surface area contributed by atoms with Crippen LogP contribution < -0.4 is 0 Å². The number of hydrogen-bond acceptors (Lipinski definition) is 0. The molecule has 0 radical (unpaired) electrons. The van der Waals surface area contributed by atoms with Crippen molar-refractivity contribution < 1.29 is 0 Å². The van der Waals surface area contributed by atoms with Crippen LogP contribution in [0.3, 0.4) is 0 Å². The van der Waals surface area contributed by atoms with Crippen molar-refractivity contribution in [1.29, 1.82) is 0 Å². The Morgan fingerprint density at radius 3 is 2.11 bits per heavy atom. The highest BCUT2D eigenvalue weighted by molar-refractivity contribution is 5.05. The van der Waals surface area contributed by atoms with Crippen LogP contribution in [0.2, 0.25) is 0 Å². The predicted octanol–water partition coefficient (Wildman–Crippen LogP) is 2.69. The first-order valence-corrected chi connectivity index (χ1v) is 4.12. The van der Waals surface area contributed by atoms with Gasteiger partial charge in [-0.1, -0.05) is 20.8 Å². The molecule has 0 aromatic carbocycles. The molecule has 2 aliphatic rings. The molecule has 52 valence electrons. The van der Waals surface area contributed by atoms with Crippen LogP contribution in [0.5, 0.6) is 0 Å². The summed E-state index contributed by atoms with van der Waals surface area (Å²) >= 11 is 0. The van der Waals surface area contributed by atoms with E-state index in [1.807, 2.05) is 0 Å². The van der Waals surface area contributed by atoms with Gasteiger partial charge in [0.2, 0.25) is 0 Å². The molecular weight excluding hydrogens is 108 g/mol. The monoisotopic (exact) mass is 124 g/mol. The lowest BCUT2D eigenvalue weighted by Crippen LogP contribution is -2.18. The lowest BCUT2D eigenvalue weighted by molar-refractivity contribution is 0.231. The summed E-state index contributed by atoms with van der Waals surface area (Å²) in [6, 6.07) is 0. The van der Waals surface area contributed by atoms with E-state index in [4.69, 9.17) is 0 Å². The Labute approximate surface area is 57.6 Å². The van der Waals surface area contributed by atoms with Crippen LogP contribution in [0.25, 0.3) is 0 Å². The highest BCUT2D eigenvalue weighted by Gasteiger charge is 2.56. The first-order valence-electron chi connectivity index (χ1n) is 4.12. The third-order valence-electron chi connectivity index (χ3n) is 3.80.